The molecule has 0 aliphatic carbocycles. The molecule has 0 aliphatic rings. The highest BCUT2D eigenvalue weighted by Gasteiger charge is 2.02. The Morgan fingerprint density at radius 3 is 2.65 bits per heavy atom. The SMILES string of the molecule is C=C(Cl)COc1ccc(C(=O)C=Cc2ccsc2)cc1. The van der Waals surface area contributed by atoms with Gasteiger partial charge in [0.05, 0.1) is 0 Å². The van der Waals surface area contributed by atoms with Gasteiger partial charge in [-0.15, -0.1) is 0 Å². The van der Waals surface area contributed by atoms with Gasteiger partial charge in [-0.05, 0) is 52.7 Å². The molecule has 0 unspecified atom stereocenters. The Bertz CT molecular complexity index is 612. The van der Waals surface area contributed by atoms with Crippen molar-refractivity contribution in [3.8, 4) is 5.75 Å². The van der Waals surface area contributed by atoms with E-state index in [0.29, 0.717) is 16.3 Å². The Morgan fingerprint density at radius 1 is 1.30 bits per heavy atom. The lowest BCUT2D eigenvalue weighted by Gasteiger charge is -2.04. The van der Waals surface area contributed by atoms with Crippen molar-refractivity contribution in [3.63, 3.8) is 0 Å². The summed E-state index contributed by atoms with van der Waals surface area (Å²) in [7, 11) is 0. The number of hydrogen-bond donors (Lipinski definition) is 0. The fourth-order valence-electron chi connectivity index (χ4n) is 1.52. The molecule has 20 heavy (non-hydrogen) atoms. The maximum absolute atomic E-state index is 12.0. The zero-order valence-electron chi connectivity index (χ0n) is 10.7. The van der Waals surface area contributed by atoms with Crippen LogP contribution in [0.4, 0.5) is 0 Å². The molecule has 1 aromatic carbocycles. The molecule has 0 spiro atoms. The van der Waals surface area contributed by atoms with Gasteiger partial charge in [-0.2, -0.15) is 11.3 Å². The minimum atomic E-state index is -0.0375. The lowest BCUT2D eigenvalue weighted by molar-refractivity contribution is 0.104. The fourth-order valence-corrected chi connectivity index (χ4v) is 2.20. The Balaban J connectivity index is 1.98. The summed E-state index contributed by atoms with van der Waals surface area (Å²) < 4.78 is 5.36. The average Bonchev–Trinajstić information content (AvgIpc) is 2.96. The van der Waals surface area contributed by atoms with Gasteiger partial charge in [-0.1, -0.05) is 24.3 Å². The molecular formula is C16H13ClO2S. The van der Waals surface area contributed by atoms with Crippen molar-refractivity contribution in [2.45, 2.75) is 0 Å². The van der Waals surface area contributed by atoms with Crippen LogP contribution in [0.5, 0.6) is 5.75 Å². The molecule has 0 bridgehead atoms. The van der Waals surface area contributed by atoms with Gasteiger partial charge in [0.25, 0.3) is 0 Å². The van der Waals surface area contributed by atoms with Crippen LogP contribution in [0.2, 0.25) is 0 Å². The fraction of sp³-hybridized carbons (Fsp3) is 0.0625. The maximum Gasteiger partial charge on any atom is 0.185 e. The molecule has 0 aliphatic heterocycles. The lowest BCUT2D eigenvalue weighted by Crippen LogP contribution is -1.98. The van der Waals surface area contributed by atoms with E-state index in [2.05, 4.69) is 6.58 Å². The third-order valence-electron chi connectivity index (χ3n) is 2.50. The van der Waals surface area contributed by atoms with Gasteiger partial charge < -0.3 is 4.74 Å². The van der Waals surface area contributed by atoms with E-state index in [4.69, 9.17) is 16.3 Å². The van der Waals surface area contributed by atoms with Crippen molar-refractivity contribution >= 4 is 34.8 Å². The summed E-state index contributed by atoms with van der Waals surface area (Å²) in [4.78, 5) is 12.0. The third kappa shape index (κ3) is 4.37. The van der Waals surface area contributed by atoms with Crippen molar-refractivity contribution in [2.75, 3.05) is 6.61 Å². The Labute approximate surface area is 127 Å². The summed E-state index contributed by atoms with van der Waals surface area (Å²) in [6.45, 7) is 3.80. The second-order valence-electron chi connectivity index (χ2n) is 4.08. The first-order valence-electron chi connectivity index (χ1n) is 5.96. The summed E-state index contributed by atoms with van der Waals surface area (Å²) >= 11 is 7.22. The summed E-state index contributed by atoms with van der Waals surface area (Å²) in [5, 5.41) is 4.39. The number of carbonyl (C=O) groups is 1. The highest BCUT2D eigenvalue weighted by molar-refractivity contribution is 7.08. The van der Waals surface area contributed by atoms with Gasteiger partial charge in [0.1, 0.15) is 12.4 Å². The second kappa shape index (κ2) is 7.08. The van der Waals surface area contributed by atoms with Gasteiger partial charge in [-0.25, -0.2) is 0 Å². The van der Waals surface area contributed by atoms with Crippen molar-refractivity contribution in [1.82, 2.24) is 0 Å². The van der Waals surface area contributed by atoms with Crippen molar-refractivity contribution in [3.05, 3.63) is 69.9 Å². The average molecular weight is 305 g/mol. The van der Waals surface area contributed by atoms with Crippen LogP contribution in [-0.4, -0.2) is 12.4 Å². The zero-order chi connectivity index (χ0) is 14.4. The Morgan fingerprint density at radius 2 is 2.05 bits per heavy atom. The number of ketones is 1. The number of thiophene rings is 1. The summed E-state index contributed by atoms with van der Waals surface area (Å²) in [5.41, 5.74) is 1.65. The van der Waals surface area contributed by atoms with Crippen LogP contribution in [0, 0.1) is 0 Å². The topological polar surface area (TPSA) is 26.3 Å². The molecule has 2 rings (SSSR count). The molecule has 4 heteroatoms. The normalized spacial score (nSPS) is 10.7. The van der Waals surface area contributed by atoms with E-state index in [0.717, 1.165) is 5.56 Å². The summed E-state index contributed by atoms with van der Waals surface area (Å²) in [6.07, 6.45) is 3.37. The van der Waals surface area contributed by atoms with Crippen LogP contribution in [0.15, 0.2) is 58.8 Å². The monoisotopic (exact) mass is 304 g/mol. The minimum Gasteiger partial charge on any atom is -0.488 e. The van der Waals surface area contributed by atoms with Gasteiger partial charge >= 0.3 is 0 Å². The number of ether oxygens (including phenoxy) is 1. The van der Waals surface area contributed by atoms with Crippen LogP contribution in [0.1, 0.15) is 15.9 Å². The largest absolute Gasteiger partial charge is 0.488 e. The number of rotatable bonds is 6. The molecular weight excluding hydrogens is 292 g/mol. The maximum atomic E-state index is 12.0. The van der Waals surface area contributed by atoms with Crippen LogP contribution in [0.25, 0.3) is 6.08 Å². The van der Waals surface area contributed by atoms with Crippen molar-refractivity contribution < 1.29 is 9.53 Å². The van der Waals surface area contributed by atoms with E-state index in [1.807, 2.05) is 16.8 Å². The summed E-state index contributed by atoms with van der Waals surface area (Å²) in [6, 6.07) is 8.90. The van der Waals surface area contributed by atoms with Gasteiger partial charge in [0.2, 0.25) is 0 Å². The van der Waals surface area contributed by atoms with E-state index in [1.165, 1.54) is 0 Å². The van der Waals surface area contributed by atoms with Crippen LogP contribution >= 0.6 is 22.9 Å². The van der Waals surface area contributed by atoms with Crippen LogP contribution in [0.3, 0.4) is 0 Å². The zero-order valence-corrected chi connectivity index (χ0v) is 12.3. The lowest BCUT2D eigenvalue weighted by atomic mass is 10.1. The van der Waals surface area contributed by atoms with Crippen LogP contribution < -0.4 is 4.74 Å². The highest BCUT2D eigenvalue weighted by Crippen LogP contribution is 2.15. The molecule has 0 fully saturated rings. The molecule has 1 aromatic heterocycles. The molecule has 0 radical (unpaired) electrons. The highest BCUT2D eigenvalue weighted by atomic mass is 35.5. The predicted molar refractivity (Wildman–Crippen MR) is 84.6 cm³/mol. The Hall–Kier alpha value is -1.84. The molecule has 1 heterocycles. The number of carbonyl (C=O) groups excluding carboxylic acids is 1. The van der Waals surface area contributed by atoms with E-state index in [1.54, 1.807) is 47.8 Å². The number of halogens is 1. The van der Waals surface area contributed by atoms with E-state index in [-0.39, 0.29) is 12.4 Å². The predicted octanol–water partition coefficient (Wildman–Crippen LogP) is 4.78. The van der Waals surface area contributed by atoms with Crippen molar-refractivity contribution in [2.24, 2.45) is 0 Å². The first kappa shape index (κ1) is 14.6. The molecule has 0 saturated carbocycles. The second-order valence-corrected chi connectivity index (χ2v) is 5.40. The summed E-state index contributed by atoms with van der Waals surface area (Å²) in [5.74, 6) is 0.620. The van der Waals surface area contributed by atoms with Gasteiger partial charge in [-0.3, -0.25) is 4.79 Å². The third-order valence-corrected chi connectivity index (χ3v) is 3.32. The molecule has 2 aromatic rings. The molecule has 0 amide bonds. The Kier molecular flexibility index (Phi) is 5.16. The first-order valence-corrected chi connectivity index (χ1v) is 7.28. The van der Waals surface area contributed by atoms with Gasteiger partial charge in [0.15, 0.2) is 5.78 Å². The smallest absolute Gasteiger partial charge is 0.185 e. The number of hydrogen-bond acceptors (Lipinski definition) is 3. The molecule has 0 N–H and O–H groups in total. The van der Waals surface area contributed by atoms with E-state index in [9.17, 15) is 4.79 Å². The van der Waals surface area contributed by atoms with E-state index >= 15 is 0 Å². The van der Waals surface area contributed by atoms with E-state index < -0.39 is 0 Å². The number of allylic oxidation sites excluding steroid dienone is 1. The first-order chi connectivity index (χ1) is 9.65. The van der Waals surface area contributed by atoms with Crippen LogP contribution in [-0.2, 0) is 0 Å². The van der Waals surface area contributed by atoms with Gasteiger partial charge in [0, 0.05) is 10.6 Å². The quantitative estimate of drug-likeness (QED) is 0.567. The molecule has 2 nitrogen and oxygen atoms in total. The standard InChI is InChI=1S/C16H13ClO2S/c1-12(17)10-19-15-5-3-14(4-6-15)16(18)7-2-13-8-9-20-11-13/h2-9,11H,1,10H2. The number of benzene rings is 1. The molecule has 0 atom stereocenters. The van der Waals surface area contributed by atoms with Crippen molar-refractivity contribution in [1.29, 1.82) is 0 Å². The minimum absolute atomic E-state index is 0.0375. The molecule has 0 saturated heterocycles. The molecule has 102 valence electrons.